The Bertz CT molecular complexity index is 234. The van der Waals surface area contributed by atoms with Crippen molar-refractivity contribution < 1.29 is 0 Å². The molecule has 3 rings (SSSR count). The standard InChI is InChI=1S/C12H22N2S/c1-9-10(5-8-15-9)13-11-4-7-14-6-2-3-12(11)14/h9-13H,2-8H2,1H3. The van der Waals surface area contributed by atoms with Crippen molar-refractivity contribution in [2.45, 2.75) is 56.0 Å². The van der Waals surface area contributed by atoms with Crippen LogP contribution < -0.4 is 5.32 Å². The Balaban J connectivity index is 1.59. The maximum Gasteiger partial charge on any atom is 0.0250 e. The fourth-order valence-corrected chi connectivity index (χ4v) is 4.71. The zero-order chi connectivity index (χ0) is 10.3. The molecular weight excluding hydrogens is 204 g/mol. The van der Waals surface area contributed by atoms with Gasteiger partial charge < -0.3 is 5.32 Å². The average molecular weight is 226 g/mol. The molecule has 3 saturated heterocycles. The smallest absolute Gasteiger partial charge is 0.0250 e. The summed E-state index contributed by atoms with van der Waals surface area (Å²) < 4.78 is 0. The predicted octanol–water partition coefficient (Wildman–Crippen LogP) is 1.71. The molecule has 3 fully saturated rings. The molecular formula is C12H22N2S. The highest BCUT2D eigenvalue weighted by Gasteiger charge is 2.39. The van der Waals surface area contributed by atoms with E-state index in [1.807, 2.05) is 0 Å². The SMILES string of the molecule is CC1SCCC1NC1CCN2CCCC12. The van der Waals surface area contributed by atoms with Gasteiger partial charge in [-0.05, 0) is 38.0 Å². The predicted molar refractivity (Wildman–Crippen MR) is 66.5 cm³/mol. The number of hydrogen-bond donors (Lipinski definition) is 1. The van der Waals surface area contributed by atoms with Crippen LogP contribution in [-0.2, 0) is 0 Å². The molecule has 0 aromatic heterocycles. The van der Waals surface area contributed by atoms with Gasteiger partial charge in [0.1, 0.15) is 0 Å². The monoisotopic (exact) mass is 226 g/mol. The number of nitrogens with one attached hydrogen (secondary N) is 1. The molecule has 3 aliphatic rings. The van der Waals surface area contributed by atoms with E-state index in [0.29, 0.717) is 0 Å². The lowest BCUT2D eigenvalue weighted by molar-refractivity contribution is 0.288. The number of nitrogens with zero attached hydrogens (tertiary/aromatic N) is 1. The van der Waals surface area contributed by atoms with Crippen molar-refractivity contribution in [3.8, 4) is 0 Å². The van der Waals surface area contributed by atoms with Crippen LogP contribution in [0.3, 0.4) is 0 Å². The van der Waals surface area contributed by atoms with E-state index >= 15 is 0 Å². The van der Waals surface area contributed by atoms with Crippen molar-refractivity contribution in [1.82, 2.24) is 10.2 Å². The summed E-state index contributed by atoms with van der Waals surface area (Å²) in [6, 6.07) is 2.47. The first-order valence-corrected chi connectivity index (χ1v) is 7.51. The van der Waals surface area contributed by atoms with Gasteiger partial charge in [-0.3, -0.25) is 4.90 Å². The van der Waals surface area contributed by atoms with Crippen molar-refractivity contribution in [3.05, 3.63) is 0 Å². The minimum absolute atomic E-state index is 0.792. The molecule has 2 nitrogen and oxygen atoms in total. The summed E-state index contributed by atoms with van der Waals surface area (Å²) in [5, 5.41) is 4.77. The van der Waals surface area contributed by atoms with Crippen molar-refractivity contribution in [3.63, 3.8) is 0 Å². The van der Waals surface area contributed by atoms with Crippen LogP contribution in [0.1, 0.15) is 32.6 Å². The molecule has 86 valence electrons. The van der Waals surface area contributed by atoms with E-state index in [-0.39, 0.29) is 0 Å². The molecule has 0 aromatic rings. The number of thioether (sulfide) groups is 1. The van der Waals surface area contributed by atoms with Gasteiger partial charge in [0.2, 0.25) is 0 Å². The molecule has 4 unspecified atom stereocenters. The van der Waals surface area contributed by atoms with Gasteiger partial charge in [-0.15, -0.1) is 0 Å². The third kappa shape index (κ3) is 1.94. The van der Waals surface area contributed by atoms with Crippen LogP contribution in [0.5, 0.6) is 0 Å². The topological polar surface area (TPSA) is 15.3 Å². The van der Waals surface area contributed by atoms with Crippen LogP contribution in [0.25, 0.3) is 0 Å². The molecule has 0 saturated carbocycles. The first-order valence-electron chi connectivity index (χ1n) is 6.46. The molecule has 3 heteroatoms. The molecule has 0 radical (unpaired) electrons. The molecule has 1 N–H and O–H groups in total. The van der Waals surface area contributed by atoms with Crippen LogP contribution >= 0.6 is 11.8 Å². The summed E-state index contributed by atoms with van der Waals surface area (Å²) in [5.41, 5.74) is 0. The molecule has 3 heterocycles. The maximum atomic E-state index is 3.94. The Morgan fingerprint density at radius 2 is 2.07 bits per heavy atom. The minimum Gasteiger partial charge on any atom is -0.308 e. The third-order valence-electron chi connectivity index (χ3n) is 4.41. The number of hydrogen-bond acceptors (Lipinski definition) is 3. The van der Waals surface area contributed by atoms with Crippen LogP contribution in [0.15, 0.2) is 0 Å². The maximum absolute atomic E-state index is 3.94. The van der Waals surface area contributed by atoms with Crippen LogP contribution in [-0.4, -0.2) is 47.1 Å². The second-order valence-corrected chi connectivity index (χ2v) is 6.76. The van der Waals surface area contributed by atoms with Gasteiger partial charge in [0.05, 0.1) is 0 Å². The van der Waals surface area contributed by atoms with Crippen molar-refractivity contribution >= 4 is 11.8 Å². The van der Waals surface area contributed by atoms with Gasteiger partial charge in [0.25, 0.3) is 0 Å². The fraction of sp³-hybridized carbons (Fsp3) is 1.00. The minimum atomic E-state index is 0.792. The quantitative estimate of drug-likeness (QED) is 0.771. The second-order valence-electron chi connectivity index (χ2n) is 5.28. The second kappa shape index (κ2) is 4.27. The zero-order valence-corrected chi connectivity index (χ0v) is 10.4. The Labute approximate surface area is 97.2 Å². The van der Waals surface area contributed by atoms with Crippen LogP contribution in [0.2, 0.25) is 0 Å². The summed E-state index contributed by atoms with van der Waals surface area (Å²) in [7, 11) is 0. The van der Waals surface area contributed by atoms with Crippen LogP contribution in [0, 0.1) is 0 Å². The van der Waals surface area contributed by atoms with Gasteiger partial charge in [-0.25, -0.2) is 0 Å². The van der Waals surface area contributed by atoms with E-state index in [9.17, 15) is 0 Å². The summed E-state index contributed by atoms with van der Waals surface area (Å²) in [4.78, 5) is 2.70. The molecule has 0 aromatic carbocycles. The van der Waals surface area contributed by atoms with E-state index in [1.165, 1.54) is 44.5 Å². The Morgan fingerprint density at radius 1 is 1.13 bits per heavy atom. The lowest BCUT2D eigenvalue weighted by atomic mass is 10.0. The highest BCUT2D eigenvalue weighted by atomic mass is 32.2. The molecule has 15 heavy (non-hydrogen) atoms. The van der Waals surface area contributed by atoms with E-state index in [4.69, 9.17) is 0 Å². The molecule has 0 bridgehead atoms. The van der Waals surface area contributed by atoms with E-state index in [1.54, 1.807) is 0 Å². The van der Waals surface area contributed by atoms with Gasteiger partial charge in [-0.2, -0.15) is 11.8 Å². The van der Waals surface area contributed by atoms with Crippen molar-refractivity contribution in [1.29, 1.82) is 0 Å². The molecule has 3 aliphatic heterocycles. The van der Waals surface area contributed by atoms with Gasteiger partial charge in [0.15, 0.2) is 0 Å². The first kappa shape index (κ1) is 10.4. The molecule has 0 spiro atoms. The summed E-state index contributed by atoms with van der Waals surface area (Å²) in [5.74, 6) is 1.36. The zero-order valence-electron chi connectivity index (χ0n) is 9.61. The number of rotatable bonds is 2. The molecule has 0 aliphatic carbocycles. The van der Waals surface area contributed by atoms with E-state index < -0.39 is 0 Å². The van der Waals surface area contributed by atoms with Gasteiger partial charge in [0, 0.05) is 29.9 Å². The summed E-state index contributed by atoms with van der Waals surface area (Å²) >= 11 is 2.14. The molecule has 4 atom stereocenters. The Morgan fingerprint density at radius 3 is 2.87 bits per heavy atom. The molecule has 0 amide bonds. The van der Waals surface area contributed by atoms with Crippen LogP contribution in [0.4, 0.5) is 0 Å². The summed E-state index contributed by atoms with van der Waals surface area (Å²) in [6.45, 7) is 5.09. The highest BCUT2D eigenvalue weighted by Crippen LogP contribution is 2.31. The first-order chi connectivity index (χ1) is 7.34. The normalized spacial score (nSPS) is 46.2. The van der Waals surface area contributed by atoms with E-state index in [0.717, 1.165) is 23.4 Å². The van der Waals surface area contributed by atoms with Crippen molar-refractivity contribution in [2.75, 3.05) is 18.8 Å². The van der Waals surface area contributed by atoms with Crippen molar-refractivity contribution in [2.24, 2.45) is 0 Å². The average Bonchev–Trinajstić information content (AvgIpc) is 2.86. The van der Waals surface area contributed by atoms with Gasteiger partial charge in [-0.1, -0.05) is 6.92 Å². The highest BCUT2D eigenvalue weighted by molar-refractivity contribution is 8.00. The lowest BCUT2D eigenvalue weighted by Gasteiger charge is -2.26. The fourth-order valence-electron chi connectivity index (χ4n) is 3.50. The third-order valence-corrected chi connectivity index (χ3v) is 5.74. The van der Waals surface area contributed by atoms with E-state index in [2.05, 4.69) is 28.9 Å². The largest absolute Gasteiger partial charge is 0.308 e. The number of fused-ring (bicyclic) bond motifs is 1. The summed E-state index contributed by atoms with van der Waals surface area (Å²) in [6.07, 6.45) is 5.64. The Hall–Kier alpha value is 0.270. The van der Waals surface area contributed by atoms with Gasteiger partial charge >= 0.3 is 0 Å². The lowest BCUT2D eigenvalue weighted by Crippen LogP contribution is -2.46. The Kier molecular flexibility index (Phi) is 2.97.